The summed E-state index contributed by atoms with van der Waals surface area (Å²) in [6.45, 7) is 4.22. The van der Waals surface area contributed by atoms with Crippen molar-refractivity contribution in [2.45, 2.75) is 32.4 Å². The highest BCUT2D eigenvalue weighted by Crippen LogP contribution is 2.32. The summed E-state index contributed by atoms with van der Waals surface area (Å²) in [5.41, 5.74) is 0.703. The molecule has 0 bridgehead atoms. The molecule has 0 spiro atoms. The second-order valence-corrected chi connectivity index (χ2v) is 8.73. The number of carbonyl (C=O) groups excluding carboxylic acids is 3. The summed E-state index contributed by atoms with van der Waals surface area (Å²) in [5.74, 6) is -1.93. The Balaban J connectivity index is 1.42. The molecule has 1 unspecified atom stereocenters. The van der Waals surface area contributed by atoms with Crippen LogP contribution in [0, 0.1) is 11.6 Å². The van der Waals surface area contributed by atoms with Crippen molar-refractivity contribution in [3.8, 4) is 0 Å². The lowest BCUT2D eigenvalue weighted by atomic mass is 10.1. The molecule has 3 amide bonds. The second-order valence-electron chi connectivity index (χ2n) is 8.73. The first-order valence-corrected chi connectivity index (χ1v) is 11.4. The lowest BCUT2D eigenvalue weighted by Crippen LogP contribution is -2.54. The van der Waals surface area contributed by atoms with Crippen molar-refractivity contribution in [2.75, 3.05) is 42.5 Å². The van der Waals surface area contributed by atoms with Gasteiger partial charge >= 0.3 is 6.09 Å². The molecule has 1 aromatic carbocycles. The number of nitrogens with zero attached hydrogens (tertiary/aromatic N) is 4. The van der Waals surface area contributed by atoms with Crippen LogP contribution in [0.2, 0.25) is 0 Å². The zero-order valence-corrected chi connectivity index (χ0v) is 19.5. The number of piperazine rings is 1. The van der Waals surface area contributed by atoms with Crippen LogP contribution < -0.4 is 15.1 Å². The average Bonchev–Trinajstić information content (AvgIpc) is 3.18. The zero-order chi connectivity index (χ0) is 25.1. The van der Waals surface area contributed by atoms with Crippen LogP contribution in [0.3, 0.4) is 0 Å². The van der Waals surface area contributed by atoms with Crippen LogP contribution in [0.15, 0.2) is 36.7 Å². The molecule has 1 N–H and O–H groups in total. The van der Waals surface area contributed by atoms with Gasteiger partial charge in [-0.1, -0.05) is 0 Å². The van der Waals surface area contributed by atoms with Gasteiger partial charge in [-0.3, -0.25) is 19.5 Å². The van der Waals surface area contributed by atoms with Crippen LogP contribution in [0.25, 0.3) is 0 Å². The number of halogens is 2. The highest BCUT2D eigenvalue weighted by Gasteiger charge is 2.35. The normalized spacial score (nSPS) is 20.1. The molecule has 9 nitrogen and oxygen atoms in total. The van der Waals surface area contributed by atoms with Gasteiger partial charge in [-0.2, -0.15) is 0 Å². The van der Waals surface area contributed by atoms with E-state index in [4.69, 9.17) is 4.74 Å². The second kappa shape index (κ2) is 10.2. The highest BCUT2D eigenvalue weighted by atomic mass is 19.1. The van der Waals surface area contributed by atoms with E-state index in [9.17, 15) is 14.4 Å². The van der Waals surface area contributed by atoms with Crippen LogP contribution in [0.5, 0.6) is 0 Å². The third kappa shape index (κ3) is 5.50. The van der Waals surface area contributed by atoms with E-state index in [1.54, 1.807) is 34.3 Å². The minimum Gasteiger partial charge on any atom is -0.442 e. The molecule has 2 aromatic rings. The van der Waals surface area contributed by atoms with Gasteiger partial charge in [-0.05, 0) is 24.6 Å². The van der Waals surface area contributed by atoms with E-state index in [0.29, 0.717) is 6.54 Å². The number of amides is 3. The number of ether oxygens (including phenoxy) is 1. The van der Waals surface area contributed by atoms with E-state index >= 15 is 8.78 Å². The lowest BCUT2D eigenvalue weighted by Gasteiger charge is -2.41. The smallest absolute Gasteiger partial charge is 0.414 e. The Morgan fingerprint density at radius 1 is 1.14 bits per heavy atom. The molecule has 2 atom stereocenters. The van der Waals surface area contributed by atoms with Gasteiger partial charge in [0.15, 0.2) is 11.6 Å². The molecule has 2 fully saturated rings. The third-order valence-electron chi connectivity index (χ3n) is 6.13. The summed E-state index contributed by atoms with van der Waals surface area (Å²) >= 11 is 0. The number of cyclic esters (lactones) is 1. The van der Waals surface area contributed by atoms with Gasteiger partial charge < -0.3 is 19.9 Å². The van der Waals surface area contributed by atoms with Gasteiger partial charge in [-0.15, -0.1) is 0 Å². The Kier molecular flexibility index (Phi) is 7.13. The molecule has 3 heterocycles. The summed E-state index contributed by atoms with van der Waals surface area (Å²) < 4.78 is 35.4. The summed E-state index contributed by atoms with van der Waals surface area (Å²) in [6, 6.07) is 5.52. The maximum Gasteiger partial charge on any atom is 0.414 e. The number of carbonyl (C=O) groups is 3. The summed E-state index contributed by atoms with van der Waals surface area (Å²) in [4.78, 5) is 44.4. The Morgan fingerprint density at radius 3 is 2.46 bits per heavy atom. The van der Waals surface area contributed by atoms with Crippen LogP contribution in [0.1, 0.15) is 19.4 Å². The van der Waals surface area contributed by atoms with E-state index in [1.807, 2.05) is 6.92 Å². The number of benzene rings is 1. The van der Waals surface area contributed by atoms with Crippen molar-refractivity contribution >= 4 is 29.3 Å². The number of aromatic nitrogens is 1. The maximum absolute atomic E-state index is 15.1. The quantitative estimate of drug-likeness (QED) is 0.671. The molecule has 4 rings (SSSR count). The highest BCUT2D eigenvalue weighted by molar-refractivity contribution is 5.90. The number of rotatable bonds is 6. The minimum atomic E-state index is -0.804. The van der Waals surface area contributed by atoms with Crippen molar-refractivity contribution in [3.63, 3.8) is 0 Å². The van der Waals surface area contributed by atoms with Crippen LogP contribution in [-0.4, -0.2) is 72.7 Å². The number of hydrogen-bond donors (Lipinski definition) is 1. The van der Waals surface area contributed by atoms with Gasteiger partial charge in [0, 0.05) is 57.1 Å². The topological polar surface area (TPSA) is 95.1 Å². The molecule has 0 aliphatic carbocycles. The number of hydrogen-bond acceptors (Lipinski definition) is 6. The number of nitrogens with one attached hydrogen (secondary N) is 1. The van der Waals surface area contributed by atoms with Gasteiger partial charge in [0.1, 0.15) is 11.8 Å². The Bertz CT molecular complexity index is 1090. The van der Waals surface area contributed by atoms with E-state index in [0.717, 1.165) is 22.6 Å². The molecule has 11 heteroatoms. The van der Waals surface area contributed by atoms with E-state index in [2.05, 4.69) is 10.3 Å². The third-order valence-corrected chi connectivity index (χ3v) is 6.13. The predicted octanol–water partition coefficient (Wildman–Crippen LogP) is 2.10. The van der Waals surface area contributed by atoms with Gasteiger partial charge in [0.05, 0.1) is 25.2 Å². The molecule has 0 radical (unpaired) electrons. The van der Waals surface area contributed by atoms with E-state index < -0.39 is 23.8 Å². The van der Waals surface area contributed by atoms with Crippen molar-refractivity contribution in [1.82, 2.24) is 15.2 Å². The fourth-order valence-corrected chi connectivity index (χ4v) is 4.41. The Hall–Kier alpha value is -3.76. The van der Waals surface area contributed by atoms with Gasteiger partial charge in [0.25, 0.3) is 0 Å². The molecule has 1 aromatic heterocycles. The number of pyridine rings is 1. The fraction of sp³-hybridized carbons (Fsp3) is 0.417. The van der Waals surface area contributed by atoms with Crippen LogP contribution >= 0.6 is 0 Å². The summed E-state index contributed by atoms with van der Waals surface area (Å²) in [5, 5.41) is 2.56. The zero-order valence-electron chi connectivity index (χ0n) is 19.5. The van der Waals surface area contributed by atoms with Crippen LogP contribution in [0.4, 0.5) is 25.0 Å². The first-order chi connectivity index (χ1) is 16.7. The summed E-state index contributed by atoms with van der Waals surface area (Å²) in [7, 11) is 0. The molecular weight excluding hydrogens is 460 g/mol. The first-order valence-electron chi connectivity index (χ1n) is 11.4. The monoisotopic (exact) mass is 487 g/mol. The maximum atomic E-state index is 15.1. The van der Waals surface area contributed by atoms with E-state index in [1.165, 1.54) is 6.92 Å². The molecular formula is C24H27F2N5O4. The summed E-state index contributed by atoms with van der Waals surface area (Å²) in [6.07, 6.45) is 2.14. The Morgan fingerprint density at radius 2 is 1.83 bits per heavy atom. The molecule has 35 heavy (non-hydrogen) atoms. The SMILES string of the molecule is CC(=O)NC[C@H]1CN(c2cc(F)c(N3CCN(C(=O)Cc4ccncc4)C(C)C3)c(F)c2)C(=O)O1. The standard InChI is InChI=1S/C24H27F2N5O4/c1-15-13-29(7-8-30(15)22(33)9-17-3-5-27-6-4-17)23-20(25)10-18(11-21(23)26)31-14-19(35-24(31)34)12-28-16(2)32/h3-6,10-11,15,19H,7-9,12-14H2,1-2H3,(H,28,32)/t15?,19-/m0/s1. The first kappa shape index (κ1) is 24.4. The average molecular weight is 488 g/mol. The van der Waals surface area contributed by atoms with Crippen molar-refractivity contribution < 1.29 is 27.9 Å². The van der Waals surface area contributed by atoms with Gasteiger partial charge in [-0.25, -0.2) is 13.6 Å². The Labute approximate surface area is 201 Å². The molecule has 2 aliphatic heterocycles. The van der Waals surface area contributed by atoms with Crippen LogP contribution in [-0.2, 0) is 20.7 Å². The lowest BCUT2D eigenvalue weighted by molar-refractivity contribution is -0.132. The predicted molar refractivity (Wildman–Crippen MR) is 124 cm³/mol. The fourth-order valence-electron chi connectivity index (χ4n) is 4.41. The van der Waals surface area contributed by atoms with Gasteiger partial charge in [0.2, 0.25) is 11.8 Å². The minimum absolute atomic E-state index is 0.0401. The largest absolute Gasteiger partial charge is 0.442 e. The molecule has 2 aliphatic rings. The van der Waals surface area contributed by atoms with Crippen molar-refractivity contribution in [1.29, 1.82) is 0 Å². The van der Waals surface area contributed by atoms with E-state index in [-0.39, 0.29) is 61.8 Å². The molecule has 186 valence electrons. The molecule has 0 saturated carbocycles. The van der Waals surface area contributed by atoms with Crippen molar-refractivity contribution in [3.05, 3.63) is 53.9 Å². The number of anilines is 2. The van der Waals surface area contributed by atoms with Crippen molar-refractivity contribution in [2.24, 2.45) is 0 Å². The molecule has 2 saturated heterocycles.